The van der Waals surface area contributed by atoms with Gasteiger partial charge in [0, 0.05) is 16.0 Å². The number of rotatable bonds is 5. The van der Waals surface area contributed by atoms with Crippen LogP contribution in [0, 0.1) is 0 Å². The van der Waals surface area contributed by atoms with Crippen LogP contribution in [0.15, 0.2) is 41.8 Å². The second kappa shape index (κ2) is 7.98. The lowest BCUT2D eigenvalue weighted by molar-refractivity contribution is -0.121. The van der Waals surface area contributed by atoms with Gasteiger partial charge in [0.25, 0.3) is 0 Å². The van der Waals surface area contributed by atoms with E-state index in [0.29, 0.717) is 15.7 Å². The van der Waals surface area contributed by atoms with Gasteiger partial charge >= 0.3 is 0 Å². The third kappa shape index (κ3) is 5.18. The third-order valence-electron chi connectivity index (χ3n) is 2.57. The zero-order valence-corrected chi connectivity index (χ0v) is 13.6. The summed E-state index contributed by atoms with van der Waals surface area (Å²) in [5.74, 6) is -0.734. The Bertz CT molecular complexity index is 700. The fraction of sp³-hybridized carbons (Fsp3) is 0.0667. The van der Waals surface area contributed by atoms with Gasteiger partial charge in [-0.25, -0.2) is 0 Å². The SMILES string of the molecule is O=C(/C=C/c1cccs1)NCC(=O)Nc1cc(Cl)ccc1Cl. The lowest BCUT2D eigenvalue weighted by atomic mass is 10.3. The summed E-state index contributed by atoms with van der Waals surface area (Å²) in [6.07, 6.45) is 3.07. The first kappa shape index (κ1) is 16.5. The van der Waals surface area contributed by atoms with Crippen molar-refractivity contribution < 1.29 is 9.59 Å². The van der Waals surface area contributed by atoms with Crippen LogP contribution in [0.5, 0.6) is 0 Å². The molecule has 0 fully saturated rings. The minimum absolute atomic E-state index is 0.156. The molecule has 0 atom stereocenters. The summed E-state index contributed by atoms with van der Waals surface area (Å²) in [4.78, 5) is 24.3. The van der Waals surface area contributed by atoms with Crippen LogP contribution >= 0.6 is 34.5 Å². The molecule has 2 amide bonds. The Morgan fingerprint density at radius 3 is 2.77 bits per heavy atom. The summed E-state index contributed by atoms with van der Waals surface area (Å²) in [5.41, 5.74) is 0.405. The summed E-state index contributed by atoms with van der Waals surface area (Å²) in [6, 6.07) is 8.53. The molecule has 1 aromatic carbocycles. The van der Waals surface area contributed by atoms with Gasteiger partial charge in [0.1, 0.15) is 0 Å². The van der Waals surface area contributed by atoms with Gasteiger partial charge in [-0.1, -0.05) is 29.3 Å². The highest BCUT2D eigenvalue weighted by atomic mass is 35.5. The minimum atomic E-state index is -0.387. The Labute approximate surface area is 141 Å². The molecule has 0 aliphatic heterocycles. The van der Waals surface area contributed by atoms with Gasteiger partial charge in [0.05, 0.1) is 17.3 Å². The first-order chi connectivity index (χ1) is 10.5. The van der Waals surface area contributed by atoms with E-state index in [4.69, 9.17) is 23.2 Å². The van der Waals surface area contributed by atoms with Crippen molar-refractivity contribution in [3.8, 4) is 0 Å². The van der Waals surface area contributed by atoms with E-state index in [9.17, 15) is 9.59 Å². The predicted octanol–water partition coefficient (Wildman–Crippen LogP) is 3.82. The van der Waals surface area contributed by atoms with E-state index in [0.717, 1.165) is 4.88 Å². The summed E-state index contributed by atoms with van der Waals surface area (Å²) >= 11 is 13.3. The number of thiophene rings is 1. The number of nitrogens with one attached hydrogen (secondary N) is 2. The van der Waals surface area contributed by atoms with E-state index >= 15 is 0 Å². The van der Waals surface area contributed by atoms with Gasteiger partial charge < -0.3 is 10.6 Å². The molecule has 0 saturated heterocycles. The Morgan fingerprint density at radius 1 is 1.23 bits per heavy atom. The fourth-order valence-corrected chi connectivity index (χ4v) is 2.51. The molecular weight excluding hydrogens is 343 g/mol. The number of benzene rings is 1. The van der Waals surface area contributed by atoms with Crippen molar-refractivity contribution in [2.24, 2.45) is 0 Å². The van der Waals surface area contributed by atoms with Crippen molar-refractivity contribution in [2.45, 2.75) is 0 Å². The molecule has 0 spiro atoms. The lowest BCUT2D eigenvalue weighted by Crippen LogP contribution is -2.31. The Morgan fingerprint density at radius 2 is 2.05 bits per heavy atom. The van der Waals surface area contributed by atoms with Crippen molar-refractivity contribution in [2.75, 3.05) is 11.9 Å². The molecule has 114 valence electrons. The van der Waals surface area contributed by atoms with Crippen molar-refractivity contribution in [1.29, 1.82) is 0 Å². The molecule has 0 aliphatic rings. The predicted molar refractivity (Wildman–Crippen MR) is 91.5 cm³/mol. The Hall–Kier alpha value is -1.82. The quantitative estimate of drug-likeness (QED) is 0.801. The van der Waals surface area contributed by atoms with Gasteiger partial charge in [0.2, 0.25) is 11.8 Å². The molecule has 1 heterocycles. The number of hydrogen-bond donors (Lipinski definition) is 2. The van der Waals surface area contributed by atoms with Crippen LogP contribution in [-0.4, -0.2) is 18.4 Å². The summed E-state index contributed by atoms with van der Waals surface area (Å²) < 4.78 is 0. The van der Waals surface area contributed by atoms with Crippen molar-refractivity contribution in [1.82, 2.24) is 5.32 Å². The number of carbonyl (C=O) groups is 2. The van der Waals surface area contributed by atoms with Crippen molar-refractivity contribution in [3.05, 3.63) is 56.7 Å². The van der Waals surface area contributed by atoms with E-state index in [1.165, 1.54) is 17.4 Å². The minimum Gasteiger partial charge on any atom is -0.343 e. The van der Waals surface area contributed by atoms with E-state index in [-0.39, 0.29) is 18.4 Å². The first-order valence-electron chi connectivity index (χ1n) is 6.29. The second-order valence-electron chi connectivity index (χ2n) is 4.24. The maximum atomic E-state index is 11.8. The van der Waals surface area contributed by atoms with E-state index in [1.807, 2.05) is 17.5 Å². The highest BCUT2D eigenvalue weighted by molar-refractivity contribution is 7.10. The monoisotopic (exact) mass is 354 g/mol. The van der Waals surface area contributed by atoms with Crippen LogP contribution in [0.2, 0.25) is 10.0 Å². The number of amides is 2. The highest BCUT2D eigenvalue weighted by Crippen LogP contribution is 2.25. The van der Waals surface area contributed by atoms with Crippen LogP contribution in [0.4, 0.5) is 5.69 Å². The third-order valence-corrected chi connectivity index (χ3v) is 3.97. The topological polar surface area (TPSA) is 58.2 Å². The molecular formula is C15H12Cl2N2O2S. The molecule has 0 saturated carbocycles. The molecule has 0 unspecified atom stereocenters. The number of anilines is 1. The molecule has 2 N–H and O–H groups in total. The van der Waals surface area contributed by atoms with Gasteiger partial charge in [-0.05, 0) is 35.7 Å². The Balaban J connectivity index is 1.82. The molecule has 4 nitrogen and oxygen atoms in total. The molecule has 22 heavy (non-hydrogen) atoms. The average molecular weight is 355 g/mol. The standard InChI is InChI=1S/C15H12Cl2N2O2S/c16-10-3-5-12(17)13(8-10)19-15(21)9-18-14(20)6-4-11-2-1-7-22-11/h1-8H,9H2,(H,18,20)(H,19,21)/b6-4+. The van der Waals surface area contributed by atoms with Gasteiger partial charge in [-0.3, -0.25) is 9.59 Å². The first-order valence-corrected chi connectivity index (χ1v) is 7.92. The molecule has 0 aliphatic carbocycles. The van der Waals surface area contributed by atoms with E-state index < -0.39 is 0 Å². The van der Waals surface area contributed by atoms with Crippen molar-refractivity contribution >= 4 is 58.1 Å². The normalized spacial score (nSPS) is 10.6. The lowest BCUT2D eigenvalue weighted by Gasteiger charge is -2.07. The maximum Gasteiger partial charge on any atom is 0.244 e. The molecule has 2 rings (SSSR count). The maximum absolute atomic E-state index is 11.8. The zero-order chi connectivity index (χ0) is 15.9. The summed E-state index contributed by atoms with van der Waals surface area (Å²) in [5, 5.41) is 7.83. The van der Waals surface area contributed by atoms with Crippen LogP contribution in [0.3, 0.4) is 0 Å². The van der Waals surface area contributed by atoms with Gasteiger partial charge in [0.15, 0.2) is 0 Å². The average Bonchev–Trinajstić information content (AvgIpc) is 3.00. The molecule has 0 bridgehead atoms. The molecule has 2 aromatic rings. The molecule has 7 heteroatoms. The van der Waals surface area contributed by atoms with Crippen LogP contribution in [0.25, 0.3) is 6.08 Å². The van der Waals surface area contributed by atoms with E-state index in [1.54, 1.807) is 24.3 Å². The van der Waals surface area contributed by atoms with Crippen molar-refractivity contribution in [3.63, 3.8) is 0 Å². The fourth-order valence-electron chi connectivity index (χ4n) is 1.56. The summed E-state index contributed by atoms with van der Waals surface area (Å²) in [6.45, 7) is -0.156. The largest absolute Gasteiger partial charge is 0.343 e. The van der Waals surface area contributed by atoms with Crippen LogP contribution < -0.4 is 10.6 Å². The number of hydrogen-bond acceptors (Lipinski definition) is 3. The van der Waals surface area contributed by atoms with Gasteiger partial charge in [-0.2, -0.15) is 0 Å². The van der Waals surface area contributed by atoms with Crippen LogP contribution in [-0.2, 0) is 9.59 Å². The highest BCUT2D eigenvalue weighted by Gasteiger charge is 2.07. The zero-order valence-electron chi connectivity index (χ0n) is 11.3. The number of halogens is 2. The number of carbonyl (C=O) groups excluding carboxylic acids is 2. The smallest absolute Gasteiger partial charge is 0.244 e. The van der Waals surface area contributed by atoms with E-state index in [2.05, 4.69) is 10.6 Å². The second-order valence-corrected chi connectivity index (χ2v) is 6.06. The Kier molecular flexibility index (Phi) is 6.00. The van der Waals surface area contributed by atoms with Crippen LogP contribution in [0.1, 0.15) is 4.88 Å². The van der Waals surface area contributed by atoms with Gasteiger partial charge in [-0.15, -0.1) is 11.3 Å². The molecule has 1 aromatic heterocycles. The summed E-state index contributed by atoms with van der Waals surface area (Å²) in [7, 11) is 0. The molecule has 0 radical (unpaired) electrons.